The third kappa shape index (κ3) is 2.67. The minimum absolute atomic E-state index is 0.0317. The van der Waals surface area contributed by atoms with Crippen molar-refractivity contribution in [2.24, 2.45) is 0 Å². The van der Waals surface area contributed by atoms with Crippen LogP contribution in [0.3, 0.4) is 0 Å². The third-order valence-corrected chi connectivity index (χ3v) is 4.08. The molecule has 0 unspecified atom stereocenters. The highest BCUT2D eigenvalue weighted by atomic mass is 32.1. The largest absolute Gasteiger partial charge is 0.373 e. The second kappa shape index (κ2) is 5.24. The van der Waals surface area contributed by atoms with Crippen molar-refractivity contribution in [3.05, 3.63) is 32.1 Å². The van der Waals surface area contributed by atoms with Crippen LogP contribution in [0.4, 0.5) is 11.6 Å². The zero-order valence-corrected chi connectivity index (χ0v) is 12.3. The maximum atomic E-state index is 11.1. The van der Waals surface area contributed by atoms with Crippen molar-refractivity contribution in [3.63, 3.8) is 0 Å². The number of H-pyrrole nitrogens is 1. The standard InChI is InChI=1S/C13H17N5OS/c1-7-10(14-2)17-12(8-3-4-8)18-11(7)15-5-9-6-20-13(19)16-9/h6,8H,3-5H2,1-2H3,(H,16,19)(H2,14,15,17,18). The van der Waals surface area contributed by atoms with Crippen LogP contribution in [0.15, 0.2) is 10.2 Å². The van der Waals surface area contributed by atoms with Gasteiger partial charge in [0.25, 0.3) is 0 Å². The van der Waals surface area contributed by atoms with Crippen LogP contribution in [-0.4, -0.2) is 22.0 Å². The van der Waals surface area contributed by atoms with E-state index in [1.54, 1.807) is 0 Å². The average molecular weight is 291 g/mol. The third-order valence-electron chi connectivity index (χ3n) is 3.36. The molecule has 106 valence electrons. The minimum Gasteiger partial charge on any atom is -0.373 e. The lowest BCUT2D eigenvalue weighted by molar-refractivity contribution is 0.910. The van der Waals surface area contributed by atoms with Crippen LogP contribution in [0.5, 0.6) is 0 Å². The van der Waals surface area contributed by atoms with Crippen LogP contribution in [0.25, 0.3) is 0 Å². The quantitative estimate of drug-likeness (QED) is 0.785. The summed E-state index contributed by atoms with van der Waals surface area (Å²) in [6, 6.07) is 0. The predicted molar refractivity (Wildman–Crippen MR) is 80.6 cm³/mol. The number of aromatic nitrogens is 3. The van der Waals surface area contributed by atoms with Crippen molar-refractivity contribution in [2.45, 2.75) is 32.2 Å². The maximum absolute atomic E-state index is 11.1. The Morgan fingerprint density at radius 2 is 2.15 bits per heavy atom. The van der Waals surface area contributed by atoms with Crippen molar-refractivity contribution >= 4 is 23.0 Å². The van der Waals surface area contributed by atoms with E-state index >= 15 is 0 Å². The van der Waals surface area contributed by atoms with E-state index in [2.05, 4.69) is 25.6 Å². The van der Waals surface area contributed by atoms with Gasteiger partial charge in [0.15, 0.2) is 0 Å². The topological polar surface area (TPSA) is 82.7 Å². The number of rotatable bonds is 5. The molecule has 2 heterocycles. The molecule has 2 aromatic rings. The van der Waals surface area contributed by atoms with Gasteiger partial charge in [-0.15, -0.1) is 0 Å². The molecule has 0 amide bonds. The number of aromatic amines is 1. The van der Waals surface area contributed by atoms with E-state index in [-0.39, 0.29) is 4.87 Å². The molecule has 3 N–H and O–H groups in total. The van der Waals surface area contributed by atoms with E-state index in [0.29, 0.717) is 12.5 Å². The second-order valence-electron chi connectivity index (χ2n) is 4.96. The Bertz CT molecular complexity index is 674. The summed E-state index contributed by atoms with van der Waals surface area (Å²) in [7, 11) is 1.87. The molecule has 0 spiro atoms. The number of hydrogen-bond acceptors (Lipinski definition) is 6. The van der Waals surface area contributed by atoms with Gasteiger partial charge in [-0.05, 0) is 19.8 Å². The van der Waals surface area contributed by atoms with Crippen LogP contribution in [0.2, 0.25) is 0 Å². The first-order valence-corrected chi connectivity index (χ1v) is 7.52. The molecule has 2 aromatic heterocycles. The minimum atomic E-state index is -0.0317. The average Bonchev–Trinajstić information content (AvgIpc) is 3.21. The van der Waals surface area contributed by atoms with Crippen molar-refractivity contribution in [3.8, 4) is 0 Å². The van der Waals surface area contributed by atoms with Crippen LogP contribution in [0, 0.1) is 6.92 Å². The van der Waals surface area contributed by atoms with Gasteiger partial charge in [0.05, 0.1) is 6.54 Å². The first kappa shape index (κ1) is 13.1. The van der Waals surface area contributed by atoms with Gasteiger partial charge in [-0.1, -0.05) is 11.3 Å². The number of nitrogens with one attached hydrogen (secondary N) is 3. The van der Waals surface area contributed by atoms with Gasteiger partial charge in [0.1, 0.15) is 17.5 Å². The molecular formula is C13H17N5OS. The zero-order chi connectivity index (χ0) is 14.1. The summed E-state index contributed by atoms with van der Waals surface area (Å²) in [5, 5.41) is 8.23. The SMILES string of the molecule is CNc1nc(C2CC2)nc(NCc2csc(=O)[nH]2)c1C. The van der Waals surface area contributed by atoms with Gasteiger partial charge in [-0.2, -0.15) is 0 Å². The van der Waals surface area contributed by atoms with E-state index in [4.69, 9.17) is 0 Å². The summed E-state index contributed by atoms with van der Waals surface area (Å²) < 4.78 is 0. The fourth-order valence-electron chi connectivity index (χ4n) is 2.05. The van der Waals surface area contributed by atoms with Gasteiger partial charge in [-0.25, -0.2) is 9.97 Å². The molecule has 1 aliphatic rings. The lowest BCUT2D eigenvalue weighted by Crippen LogP contribution is -2.10. The van der Waals surface area contributed by atoms with E-state index < -0.39 is 0 Å². The molecule has 1 saturated carbocycles. The highest BCUT2D eigenvalue weighted by molar-refractivity contribution is 7.07. The fourth-order valence-corrected chi connectivity index (χ4v) is 2.63. The summed E-state index contributed by atoms with van der Waals surface area (Å²) in [5.74, 6) is 3.10. The van der Waals surface area contributed by atoms with Crippen LogP contribution >= 0.6 is 11.3 Å². The van der Waals surface area contributed by atoms with Crippen LogP contribution in [0.1, 0.15) is 35.8 Å². The first-order chi connectivity index (χ1) is 9.67. The Labute approximate surface area is 120 Å². The molecule has 1 aliphatic carbocycles. The lowest BCUT2D eigenvalue weighted by atomic mass is 10.2. The van der Waals surface area contributed by atoms with Crippen molar-refractivity contribution in [2.75, 3.05) is 17.7 Å². The van der Waals surface area contributed by atoms with Gasteiger partial charge in [0, 0.05) is 29.6 Å². The zero-order valence-electron chi connectivity index (χ0n) is 11.5. The maximum Gasteiger partial charge on any atom is 0.304 e. The number of anilines is 2. The number of nitrogens with zero attached hydrogens (tertiary/aromatic N) is 2. The van der Waals surface area contributed by atoms with Crippen molar-refractivity contribution < 1.29 is 0 Å². The number of thiazole rings is 1. The number of hydrogen-bond donors (Lipinski definition) is 3. The Morgan fingerprint density at radius 3 is 2.75 bits per heavy atom. The van der Waals surface area contributed by atoms with Crippen molar-refractivity contribution in [1.29, 1.82) is 0 Å². The molecule has 0 radical (unpaired) electrons. The van der Waals surface area contributed by atoms with Gasteiger partial charge in [0.2, 0.25) is 0 Å². The van der Waals surface area contributed by atoms with E-state index in [1.807, 2.05) is 19.4 Å². The summed E-state index contributed by atoms with van der Waals surface area (Å²) in [6.45, 7) is 2.55. The molecule has 20 heavy (non-hydrogen) atoms. The monoisotopic (exact) mass is 291 g/mol. The molecule has 0 saturated heterocycles. The molecular weight excluding hydrogens is 274 g/mol. The molecule has 7 heteroatoms. The highest BCUT2D eigenvalue weighted by Crippen LogP contribution is 2.39. The first-order valence-electron chi connectivity index (χ1n) is 6.64. The van der Waals surface area contributed by atoms with Gasteiger partial charge < -0.3 is 15.6 Å². The Balaban J connectivity index is 1.83. The van der Waals surface area contributed by atoms with Gasteiger partial charge in [-0.3, -0.25) is 4.79 Å². The molecule has 0 atom stereocenters. The Morgan fingerprint density at radius 1 is 1.40 bits per heavy atom. The lowest BCUT2D eigenvalue weighted by Gasteiger charge is -2.13. The summed E-state index contributed by atoms with van der Waals surface area (Å²) in [6.07, 6.45) is 2.34. The molecule has 3 rings (SSSR count). The van der Waals surface area contributed by atoms with Gasteiger partial charge >= 0.3 is 4.87 Å². The Hall–Kier alpha value is -1.89. The predicted octanol–water partition coefficient (Wildman–Crippen LogP) is 2.07. The van der Waals surface area contributed by atoms with E-state index in [1.165, 1.54) is 24.2 Å². The summed E-state index contributed by atoms with van der Waals surface area (Å²) in [5.41, 5.74) is 1.87. The molecule has 1 fully saturated rings. The normalized spacial score (nSPS) is 14.3. The molecule has 6 nitrogen and oxygen atoms in total. The smallest absolute Gasteiger partial charge is 0.304 e. The highest BCUT2D eigenvalue weighted by Gasteiger charge is 2.28. The van der Waals surface area contributed by atoms with E-state index in [0.717, 1.165) is 28.7 Å². The second-order valence-corrected chi connectivity index (χ2v) is 5.80. The summed E-state index contributed by atoms with van der Waals surface area (Å²) in [4.78, 5) is 23.0. The molecule has 0 aromatic carbocycles. The molecule has 0 bridgehead atoms. The fraction of sp³-hybridized carbons (Fsp3) is 0.462. The summed E-state index contributed by atoms with van der Waals surface area (Å²) >= 11 is 1.17. The van der Waals surface area contributed by atoms with Crippen LogP contribution < -0.4 is 15.5 Å². The van der Waals surface area contributed by atoms with Crippen molar-refractivity contribution in [1.82, 2.24) is 15.0 Å². The molecule has 0 aliphatic heterocycles. The van der Waals surface area contributed by atoms with E-state index in [9.17, 15) is 4.79 Å². The van der Waals surface area contributed by atoms with Crippen LogP contribution in [-0.2, 0) is 6.54 Å². The Kier molecular flexibility index (Phi) is 3.43.